The second kappa shape index (κ2) is 10.9. The van der Waals surface area contributed by atoms with E-state index in [4.69, 9.17) is 9.15 Å². The van der Waals surface area contributed by atoms with Crippen molar-refractivity contribution in [1.82, 2.24) is 15.5 Å². The number of nitrogens with one attached hydrogen (secondary N) is 2. The van der Waals surface area contributed by atoms with E-state index in [-0.39, 0.29) is 17.9 Å². The van der Waals surface area contributed by atoms with Crippen LogP contribution in [0.3, 0.4) is 0 Å². The lowest BCUT2D eigenvalue weighted by Crippen LogP contribution is -2.50. The van der Waals surface area contributed by atoms with Crippen molar-refractivity contribution < 1.29 is 18.3 Å². The highest BCUT2D eigenvalue weighted by Gasteiger charge is 2.27. The Morgan fingerprint density at radius 3 is 2.39 bits per heavy atom. The normalized spacial score (nSPS) is 15.2. The molecule has 8 heteroatoms. The summed E-state index contributed by atoms with van der Waals surface area (Å²) in [5.74, 6) is 1.37. The van der Waals surface area contributed by atoms with E-state index in [0.717, 1.165) is 48.9 Å². The molecule has 2 aromatic carbocycles. The van der Waals surface area contributed by atoms with Gasteiger partial charge in [-0.3, -0.25) is 4.90 Å². The molecule has 0 spiro atoms. The van der Waals surface area contributed by atoms with E-state index in [1.165, 1.54) is 12.1 Å². The molecule has 174 valence electrons. The van der Waals surface area contributed by atoms with E-state index in [2.05, 4.69) is 20.4 Å². The van der Waals surface area contributed by atoms with Crippen LogP contribution in [0.2, 0.25) is 0 Å². The molecule has 4 rings (SSSR count). The Bertz CT molecular complexity index is 1000. The first-order valence-corrected chi connectivity index (χ1v) is 11.0. The first kappa shape index (κ1) is 22.7. The zero-order valence-corrected chi connectivity index (χ0v) is 18.7. The molecule has 2 heterocycles. The number of rotatable bonds is 8. The molecule has 1 aromatic heterocycles. The number of hydrogen-bond donors (Lipinski definition) is 2. The molecule has 0 radical (unpaired) electrons. The van der Waals surface area contributed by atoms with Crippen LogP contribution in [0, 0.1) is 5.82 Å². The summed E-state index contributed by atoms with van der Waals surface area (Å²) in [6.07, 6.45) is 1.65. The first-order chi connectivity index (χ1) is 16.1. The monoisotopic (exact) mass is 452 g/mol. The Morgan fingerprint density at radius 1 is 1.03 bits per heavy atom. The van der Waals surface area contributed by atoms with Gasteiger partial charge >= 0.3 is 6.03 Å². The highest BCUT2D eigenvalue weighted by molar-refractivity contribution is 5.73. The molecule has 7 nitrogen and oxygen atoms in total. The number of hydrogen-bond acceptors (Lipinski definition) is 5. The van der Waals surface area contributed by atoms with Gasteiger partial charge in [0.15, 0.2) is 0 Å². The van der Waals surface area contributed by atoms with Crippen molar-refractivity contribution in [2.45, 2.75) is 12.6 Å². The summed E-state index contributed by atoms with van der Waals surface area (Å²) in [5.41, 5.74) is 2.01. The molecule has 0 bridgehead atoms. The molecular formula is C25H29FN4O3. The first-order valence-electron chi connectivity index (χ1n) is 11.0. The topological polar surface area (TPSA) is 70.0 Å². The maximum absolute atomic E-state index is 13.2. The number of carbonyl (C=O) groups is 1. The lowest BCUT2D eigenvalue weighted by molar-refractivity contribution is 0.161. The van der Waals surface area contributed by atoms with E-state index in [9.17, 15) is 9.18 Å². The molecule has 1 fully saturated rings. The molecule has 1 unspecified atom stereocenters. The second-order valence-corrected chi connectivity index (χ2v) is 7.94. The number of carbonyl (C=O) groups excluding carboxylic acids is 1. The van der Waals surface area contributed by atoms with Crippen molar-refractivity contribution in [3.8, 4) is 5.75 Å². The van der Waals surface area contributed by atoms with Gasteiger partial charge in [0.25, 0.3) is 0 Å². The number of piperazine rings is 1. The maximum atomic E-state index is 13.2. The summed E-state index contributed by atoms with van der Waals surface area (Å²) in [6.45, 7) is 4.09. The third kappa shape index (κ3) is 6.04. The van der Waals surface area contributed by atoms with Gasteiger partial charge in [0.2, 0.25) is 0 Å². The van der Waals surface area contributed by atoms with Gasteiger partial charge in [-0.15, -0.1) is 0 Å². The molecule has 3 aromatic rings. The van der Waals surface area contributed by atoms with Crippen LogP contribution in [-0.4, -0.2) is 50.8 Å². The number of benzene rings is 2. The van der Waals surface area contributed by atoms with Crippen molar-refractivity contribution in [2.24, 2.45) is 0 Å². The molecule has 1 atom stereocenters. The summed E-state index contributed by atoms with van der Waals surface area (Å²) in [7, 11) is 1.62. The molecule has 33 heavy (non-hydrogen) atoms. The Kier molecular flexibility index (Phi) is 7.47. The van der Waals surface area contributed by atoms with Gasteiger partial charge < -0.3 is 24.7 Å². The van der Waals surface area contributed by atoms with Gasteiger partial charge in [-0.25, -0.2) is 9.18 Å². The number of ether oxygens (including phenoxy) is 1. The summed E-state index contributed by atoms with van der Waals surface area (Å²) >= 11 is 0. The van der Waals surface area contributed by atoms with Crippen molar-refractivity contribution in [3.63, 3.8) is 0 Å². The predicted molar refractivity (Wildman–Crippen MR) is 125 cm³/mol. The summed E-state index contributed by atoms with van der Waals surface area (Å²) in [4.78, 5) is 17.0. The third-order valence-corrected chi connectivity index (χ3v) is 5.89. The van der Waals surface area contributed by atoms with Crippen LogP contribution in [0.15, 0.2) is 71.3 Å². The Labute approximate surface area is 193 Å². The average molecular weight is 453 g/mol. The number of furan rings is 1. The molecule has 2 amide bonds. The van der Waals surface area contributed by atoms with Crippen LogP contribution in [0.1, 0.15) is 17.4 Å². The van der Waals surface area contributed by atoms with Crippen molar-refractivity contribution >= 4 is 11.7 Å². The van der Waals surface area contributed by atoms with Crippen molar-refractivity contribution in [2.75, 3.05) is 44.7 Å². The van der Waals surface area contributed by atoms with Crippen LogP contribution in [0.5, 0.6) is 5.75 Å². The fourth-order valence-corrected chi connectivity index (χ4v) is 4.01. The summed E-state index contributed by atoms with van der Waals surface area (Å²) < 4.78 is 24.1. The zero-order chi connectivity index (χ0) is 23.0. The summed E-state index contributed by atoms with van der Waals surface area (Å²) in [5, 5.41) is 5.87. The predicted octanol–water partition coefficient (Wildman–Crippen LogP) is 3.79. The van der Waals surface area contributed by atoms with Crippen molar-refractivity contribution in [1.29, 1.82) is 0 Å². The van der Waals surface area contributed by atoms with Crippen LogP contribution in [0.25, 0.3) is 0 Å². The highest BCUT2D eigenvalue weighted by atomic mass is 19.1. The number of anilines is 1. The van der Waals surface area contributed by atoms with Gasteiger partial charge in [-0.05, 0) is 54.1 Å². The molecule has 1 aliphatic rings. The van der Waals surface area contributed by atoms with Crippen LogP contribution < -0.4 is 20.3 Å². The van der Waals surface area contributed by atoms with E-state index in [0.29, 0.717) is 13.1 Å². The molecule has 0 aliphatic carbocycles. The maximum Gasteiger partial charge on any atom is 0.315 e. The smallest absolute Gasteiger partial charge is 0.315 e. The van der Waals surface area contributed by atoms with E-state index >= 15 is 0 Å². The second-order valence-electron chi connectivity index (χ2n) is 7.94. The largest absolute Gasteiger partial charge is 0.497 e. The summed E-state index contributed by atoms with van der Waals surface area (Å²) in [6, 6.07) is 17.7. The third-order valence-electron chi connectivity index (χ3n) is 5.89. The molecule has 2 N–H and O–H groups in total. The fourth-order valence-electron chi connectivity index (χ4n) is 4.01. The highest BCUT2D eigenvalue weighted by Crippen LogP contribution is 2.24. The molecule has 0 saturated carbocycles. The van der Waals surface area contributed by atoms with Crippen LogP contribution >= 0.6 is 0 Å². The zero-order valence-electron chi connectivity index (χ0n) is 18.7. The number of methoxy groups -OCH3 is 1. The molecule has 1 saturated heterocycles. The van der Waals surface area contributed by atoms with Gasteiger partial charge in [0, 0.05) is 45.0 Å². The minimum absolute atomic E-state index is 0.0675. The van der Waals surface area contributed by atoms with Crippen LogP contribution in [-0.2, 0) is 6.54 Å². The standard InChI is InChI=1S/C25H29FN4O3/c1-32-22-10-4-19(5-11-22)17-27-25(31)28-18-23(24-3-2-16-33-24)30-14-12-29(13-15-30)21-8-6-20(26)7-9-21/h2-11,16,23H,12-15,17-18H2,1H3,(H2,27,28,31). The number of amides is 2. The fraction of sp³-hybridized carbons (Fsp3) is 0.320. The molecular weight excluding hydrogens is 423 g/mol. The number of urea groups is 1. The number of halogens is 1. The number of nitrogens with zero attached hydrogens (tertiary/aromatic N) is 2. The minimum Gasteiger partial charge on any atom is -0.497 e. The average Bonchev–Trinajstić information content (AvgIpc) is 3.39. The van der Waals surface area contributed by atoms with E-state index in [1.807, 2.05) is 48.5 Å². The quantitative estimate of drug-likeness (QED) is 0.544. The Morgan fingerprint density at radius 2 is 1.76 bits per heavy atom. The SMILES string of the molecule is COc1ccc(CNC(=O)NCC(c2ccco2)N2CCN(c3ccc(F)cc3)CC2)cc1. The minimum atomic E-state index is -0.230. The molecule has 1 aliphatic heterocycles. The Hall–Kier alpha value is -3.52. The van der Waals surface area contributed by atoms with E-state index < -0.39 is 0 Å². The lowest BCUT2D eigenvalue weighted by Gasteiger charge is -2.39. The lowest BCUT2D eigenvalue weighted by atomic mass is 10.1. The van der Waals surface area contributed by atoms with Gasteiger partial charge in [0.1, 0.15) is 17.3 Å². The van der Waals surface area contributed by atoms with Crippen LogP contribution in [0.4, 0.5) is 14.9 Å². The Balaban J connectivity index is 1.30. The van der Waals surface area contributed by atoms with E-state index in [1.54, 1.807) is 13.4 Å². The van der Waals surface area contributed by atoms with Gasteiger partial charge in [-0.2, -0.15) is 0 Å². The van der Waals surface area contributed by atoms with Crippen molar-refractivity contribution in [3.05, 3.63) is 84.1 Å². The van der Waals surface area contributed by atoms with Gasteiger partial charge in [0.05, 0.1) is 19.4 Å². The van der Waals surface area contributed by atoms with Gasteiger partial charge in [-0.1, -0.05) is 12.1 Å².